The monoisotopic (exact) mass is 730 g/mol. The summed E-state index contributed by atoms with van der Waals surface area (Å²) in [5, 5.41) is 4.98. The highest BCUT2D eigenvalue weighted by Gasteiger charge is 2.26. The van der Waals surface area contributed by atoms with E-state index in [9.17, 15) is 0 Å². The van der Waals surface area contributed by atoms with Crippen LogP contribution < -0.4 is 0 Å². The van der Waals surface area contributed by atoms with Gasteiger partial charge in [0.15, 0.2) is 0 Å². The van der Waals surface area contributed by atoms with Crippen molar-refractivity contribution in [1.82, 2.24) is 14.0 Å². The summed E-state index contributed by atoms with van der Waals surface area (Å²) >= 11 is 0. The van der Waals surface area contributed by atoms with Crippen LogP contribution in [0.1, 0.15) is 22.9 Å². The van der Waals surface area contributed by atoms with Crippen LogP contribution >= 0.6 is 0 Å². The zero-order valence-electron chi connectivity index (χ0n) is 31.5. The number of nitrogens with zero attached hydrogens (tertiary/aromatic N) is 4. The van der Waals surface area contributed by atoms with E-state index in [-0.39, 0.29) is 6.17 Å². The maximum Gasteiger partial charge on any atom is 0.147 e. The van der Waals surface area contributed by atoms with Crippen molar-refractivity contribution in [3.05, 3.63) is 223 Å². The second-order valence-electron chi connectivity index (χ2n) is 14.9. The number of aromatic nitrogens is 2. The van der Waals surface area contributed by atoms with E-state index in [0.717, 1.165) is 39.5 Å². The number of aliphatic imine (C=N–C) groups is 1. The van der Waals surface area contributed by atoms with Crippen LogP contribution in [0.15, 0.2) is 211 Å². The average Bonchev–Trinajstić information content (AvgIpc) is 3.79. The predicted molar refractivity (Wildman–Crippen MR) is 238 cm³/mol. The highest BCUT2D eigenvalue weighted by molar-refractivity contribution is 6.14. The number of allylic oxidation sites excluding steroid dienone is 1. The normalized spacial score (nSPS) is 14.4. The number of hydrogen-bond acceptors (Lipinski definition) is 2. The van der Waals surface area contributed by atoms with Gasteiger partial charge in [0.2, 0.25) is 0 Å². The molecule has 0 amide bonds. The molecule has 1 unspecified atom stereocenters. The molecule has 270 valence electrons. The topological polar surface area (TPSA) is 25.5 Å². The Labute approximate surface area is 331 Å². The van der Waals surface area contributed by atoms with Gasteiger partial charge in [-0.25, -0.2) is 0 Å². The van der Waals surface area contributed by atoms with Gasteiger partial charge in [-0.05, 0) is 82.9 Å². The van der Waals surface area contributed by atoms with Crippen LogP contribution in [0.3, 0.4) is 0 Å². The molecular formula is C53H38N4. The Morgan fingerprint density at radius 2 is 0.930 bits per heavy atom. The third-order valence-electron chi connectivity index (χ3n) is 11.5. The van der Waals surface area contributed by atoms with Gasteiger partial charge < -0.3 is 14.0 Å². The molecule has 0 bridgehead atoms. The Kier molecular flexibility index (Phi) is 7.75. The van der Waals surface area contributed by atoms with Gasteiger partial charge in [-0.2, -0.15) is 0 Å². The van der Waals surface area contributed by atoms with E-state index in [4.69, 9.17) is 4.99 Å². The molecule has 0 spiro atoms. The number of rotatable bonds is 6. The van der Waals surface area contributed by atoms with Gasteiger partial charge in [0.05, 0.1) is 27.8 Å². The quantitative estimate of drug-likeness (QED) is 0.167. The van der Waals surface area contributed by atoms with Crippen LogP contribution in [-0.2, 0) is 0 Å². The molecule has 1 atom stereocenters. The van der Waals surface area contributed by atoms with Gasteiger partial charge in [0.25, 0.3) is 0 Å². The zero-order chi connectivity index (χ0) is 37.9. The van der Waals surface area contributed by atoms with Crippen molar-refractivity contribution in [1.29, 1.82) is 0 Å². The number of fused-ring (bicyclic) bond motifs is 6. The Balaban J connectivity index is 1.04. The third-order valence-corrected chi connectivity index (χ3v) is 11.5. The maximum atomic E-state index is 5.27. The standard InChI is InChI=1S/C53H38N4/c1-55-51(35-47(36-16-5-2-6-17-36)54-53(55)37-18-7-3-8-19-37)40-20-15-23-42(32-40)57-49-27-14-12-25-44(49)46-33-38(29-31-50(46)57)39-28-30-45-43-24-11-13-26-48(43)56(52(45)34-39)41-21-9-4-10-22-41/h2-35,53H,1H3. The molecule has 2 aromatic heterocycles. The van der Waals surface area contributed by atoms with E-state index in [1.165, 1.54) is 54.7 Å². The van der Waals surface area contributed by atoms with E-state index >= 15 is 0 Å². The summed E-state index contributed by atoms with van der Waals surface area (Å²) in [4.78, 5) is 7.57. The summed E-state index contributed by atoms with van der Waals surface area (Å²) in [6.45, 7) is 0. The van der Waals surface area contributed by atoms with Crippen LogP contribution in [-0.4, -0.2) is 26.8 Å². The summed E-state index contributed by atoms with van der Waals surface area (Å²) in [6, 6.07) is 72.1. The fourth-order valence-corrected chi connectivity index (χ4v) is 8.84. The van der Waals surface area contributed by atoms with Gasteiger partial charge in [-0.1, -0.05) is 146 Å². The van der Waals surface area contributed by atoms with Crippen molar-refractivity contribution in [3.63, 3.8) is 0 Å². The van der Waals surface area contributed by atoms with Gasteiger partial charge in [-0.3, -0.25) is 4.99 Å². The summed E-state index contributed by atoms with van der Waals surface area (Å²) < 4.78 is 4.81. The summed E-state index contributed by atoms with van der Waals surface area (Å²) in [7, 11) is 2.15. The Hall–Kier alpha value is -7.43. The number of para-hydroxylation sites is 3. The first-order chi connectivity index (χ1) is 28.2. The molecule has 1 aliphatic heterocycles. The lowest BCUT2D eigenvalue weighted by Gasteiger charge is -2.34. The molecule has 11 rings (SSSR count). The molecule has 0 saturated heterocycles. The van der Waals surface area contributed by atoms with Crippen molar-refractivity contribution in [2.24, 2.45) is 4.99 Å². The molecule has 1 aliphatic rings. The predicted octanol–water partition coefficient (Wildman–Crippen LogP) is 13.0. The molecule has 0 fully saturated rings. The van der Waals surface area contributed by atoms with E-state index in [1.54, 1.807) is 0 Å². The van der Waals surface area contributed by atoms with Gasteiger partial charge in [0, 0.05) is 51.2 Å². The fraction of sp³-hybridized carbons (Fsp3) is 0.0377. The summed E-state index contributed by atoms with van der Waals surface area (Å²) in [5.41, 5.74) is 15.0. The lowest BCUT2D eigenvalue weighted by atomic mass is 10.00. The Morgan fingerprint density at radius 3 is 1.68 bits per heavy atom. The molecule has 57 heavy (non-hydrogen) atoms. The van der Waals surface area contributed by atoms with Crippen LogP contribution in [0.2, 0.25) is 0 Å². The van der Waals surface area contributed by atoms with Crippen molar-refractivity contribution in [3.8, 4) is 22.5 Å². The van der Waals surface area contributed by atoms with E-state index in [0.29, 0.717) is 0 Å². The van der Waals surface area contributed by atoms with E-state index < -0.39 is 0 Å². The minimum atomic E-state index is -0.148. The lowest BCUT2D eigenvalue weighted by Crippen LogP contribution is -2.27. The molecule has 4 nitrogen and oxygen atoms in total. The van der Waals surface area contributed by atoms with Gasteiger partial charge in [0.1, 0.15) is 6.17 Å². The third kappa shape index (κ3) is 5.49. The fourth-order valence-electron chi connectivity index (χ4n) is 8.84. The molecule has 10 aromatic rings. The zero-order valence-corrected chi connectivity index (χ0v) is 31.5. The molecule has 4 heteroatoms. The van der Waals surface area contributed by atoms with Crippen LogP contribution in [0.5, 0.6) is 0 Å². The van der Waals surface area contributed by atoms with E-state index in [2.05, 4.69) is 227 Å². The molecule has 8 aromatic carbocycles. The first-order valence-electron chi connectivity index (χ1n) is 19.6. The molecule has 0 aliphatic carbocycles. The number of benzene rings is 8. The molecule has 0 radical (unpaired) electrons. The molecular weight excluding hydrogens is 693 g/mol. The molecule has 0 N–H and O–H groups in total. The smallest absolute Gasteiger partial charge is 0.147 e. The van der Waals surface area contributed by atoms with Crippen molar-refractivity contribution in [2.75, 3.05) is 7.05 Å². The van der Waals surface area contributed by atoms with Crippen molar-refractivity contribution >= 4 is 55.0 Å². The highest BCUT2D eigenvalue weighted by Crippen LogP contribution is 2.40. The minimum Gasteiger partial charge on any atom is -0.349 e. The molecule has 0 saturated carbocycles. The first kappa shape index (κ1) is 33.0. The summed E-state index contributed by atoms with van der Waals surface area (Å²) in [5.74, 6) is 0. The Bertz CT molecular complexity index is 3190. The van der Waals surface area contributed by atoms with Crippen LogP contribution in [0, 0.1) is 0 Å². The van der Waals surface area contributed by atoms with Crippen LogP contribution in [0.25, 0.3) is 71.8 Å². The maximum absolute atomic E-state index is 5.27. The SMILES string of the molecule is CN1C(c2cccc(-n3c4ccccc4c4cc(-c5ccc6c7ccccc7n(-c7ccccc7)c6c5)ccc43)c2)=CC(c2ccccc2)=NC1c1ccccc1. The number of hydrogen-bond donors (Lipinski definition) is 0. The van der Waals surface area contributed by atoms with Gasteiger partial charge >= 0.3 is 0 Å². The molecule has 3 heterocycles. The minimum absolute atomic E-state index is 0.148. The average molecular weight is 731 g/mol. The van der Waals surface area contributed by atoms with Gasteiger partial charge in [-0.15, -0.1) is 0 Å². The Morgan fingerprint density at radius 1 is 0.386 bits per heavy atom. The highest BCUT2D eigenvalue weighted by atomic mass is 15.2. The van der Waals surface area contributed by atoms with E-state index in [1.807, 2.05) is 0 Å². The second kappa shape index (κ2) is 13.4. The van der Waals surface area contributed by atoms with Crippen LogP contribution in [0.4, 0.5) is 0 Å². The first-order valence-corrected chi connectivity index (χ1v) is 19.6. The lowest BCUT2D eigenvalue weighted by molar-refractivity contribution is 0.364. The van der Waals surface area contributed by atoms with Crippen molar-refractivity contribution in [2.45, 2.75) is 6.17 Å². The summed E-state index contributed by atoms with van der Waals surface area (Å²) in [6.07, 6.45) is 2.09. The largest absolute Gasteiger partial charge is 0.349 e. The van der Waals surface area contributed by atoms with Crippen molar-refractivity contribution < 1.29 is 0 Å². The second-order valence-corrected chi connectivity index (χ2v) is 14.9.